The van der Waals surface area contributed by atoms with Crippen molar-refractivity contribution in [1.82, 2.24) is 5.32 Å². The first-order chi connectivity index (χ1) is 15.7. The van der Waals surface area contributed by atoms with Crippen molar-refractivity contribution in [3.8, 4) is 0 Å². The average Bonchev–Trinajstić information content (AvgIpc) is 2.66. The Bertz CT molecular complexity index is 970. The van der Waals surface area contributed by atoms with Gasteiger partial charge in [0.15, 0.2) is 5.60 Å². The maximum absolute atomic E-state index is 13.7. The van der Waals surface area contributed by atoms with Crippen LogP contribution < -0.4 is 5.32 Å². The van der Waals surface area contributed by atoms with Crippen molar-refractivity contribution in [2.75, 3.05) is 11.5 Å². The Balaban J connectivity index is 3.00. The van der Waals surface area contributed by atoms with Gasteiger partial charge in [-0.2, -0.15) is 13.2 Å². The second-order valence-corrected chi connectivity index (χ2v) is 12.7. The van der Waals surface area contributed by atoms with Gasteiger partial charge < -0.3 is 19.9 Å². The van der Waals surface area contributed by atoms with Crippen LogP contribution in [0.15, 0.2) is 30.3 Å². The molecule has 0 aliphatic carbocycles. The molecule has 0 saturated heterocycles. The maximum atomic E-state index is 13.7. The van der Waals surface area contributed by atoms with Crippen molar-refractivity contribution in [3.63, 3.8) is 0 Å². The average molecular weight is 525 g/mol. The number of halogens is 3. The lowest BCUT2D eigenvalue weighted by Gasteiger charge is -2.31. The van der Waals surface area contributed by atoms with Crippen molar-refractivity contribution in [2.24, 2.45) is 0 Å². The second-order valence-electron chi connectivity index (χ2n) is 10.2. The Kier molecular flexibility index (Phi) is 9.78. The minimum atomic E-state index is -5.07. The van der Waals surface area contributed by atoms with E-state index in [1.54, 1.807) is 41.5 Å². The van der Waals surface area contributed by atoms with E-state index in [1.807, 2.05) is 0 Å². The number of carbonyl (C=O) groups excluding carboxylic acids is 2. The lowest BCUT2D eigenvalue weighted by molar-refractivity contribution is -0.267. The van der Waals surface area contributed by atoms with Crippen molar-refractivity contribution >= 4 is 21.8 Å². The van der Waals surface area contributed by atoms with Gasteiger partial charge in [-0.05, 0) is 53.5 Å². The molecule has 200 valence electrons. The fraction of sp³-hybridized carbons (Fsp3) is 0.652. The Morgan fingerprint density at radius 1 is 1.00 bits per heavy atom. The summed E-state index contributed by atoms with van der Waals surface area (Å²) in [4.78, 5) is 24.7. The van der Waals surface area contributed by atoms with Crippen LogP contribution in [0.3, 0.4) is 0 Å². The maximum Gasteiger partial charge on any atom is 0.421 e. The van der Waals surface area contributed by atoms with Gasteiger partial charge in [-0.1, -0.05) is 30.3 Å². The van der Waals surface area contributed by atoms with Crippen LogP contribution in [0.5, 0.6) is 0 Å². The van der Waals surface area contributed by atoms with Gasteiger partial charge in [0.25, 0.3) is 0 Å². The highest BCUT2D eigenvalue weighted by atomic mass is 32.2. The number of rotatable bonds is 9. The van der Waals surface area contributed by atoms with Crippen LogP contribution in [0.1, 0.15) is 59.9 Å². The molecule has 3 N–H and O–H groups in total. The van der Waals surface area contributed by atoms with Gasteiger partial charge in [-0.3, -0.25) is 4.78 Å². The third kappa shape index (κ3) is 10.4. The molecular formula is C23H35F3N2O6S. The van der Waals surface area contributed by atoms with Gasteiger partial charge in [-0.25, -0.2) is 13.8 Å². The third-order valence-corrected chi connectivity index (χ3v) is 6.39. The molecule has 0 fully saturated rings. The molecule has 0 heterocycles. The topological polar surface area (TPSA) is 126 Å². The van der Waals surface area contributed by atoms with E-state index in [4.69, 9.17) is 14.3 Å². The fourth-order valence-corrected chi connectivity index (χ4v) is 4.40. The number of ether oxygens (including phenoxy) is 2. The first-order valence-corrected chi connectivity index (χ1v) is 12.9. The van der Waals surface area contributed by atoms with Gasteiger partial charge in [0, 0.05) is 27.7 Å². The van der Waals surface area contributed by atoms with Crippen LogP contribution in [0.2, 0.25) is 0 Å². The summed E-state index contributed by atoms with van der Waals surface area (Å²) in [5, 5.41) is 12.7. The first kappa shape index (κ1) is 30.7. The molecule has 0 aliphatic rings. The molecule has 0 bridgehead atoms. The van der Waals surface area contributed by atoms with E-state index in [1.165, 1.54) is 18.2 Å². The largest absolute Gasteiger partial charge is 0.458 e. The number of hydrogen-bond acceptors (Lipinski definition) is 7. The summed E-state index contributed by atoms with van der Waals surface area (Å²) in [5.74, 6) is -2.17. The molecule has 0 radical (unpaired) electrons. The van der Waals surface area contributed by atoms with Crippen molar-refractivity contribution in [1.29, 1.82) is 4.78 Å². The predicted molar refractivity (Wildman–Crippen MR) is 125 cm³/mol. The number of nitrogens with one attached hydrogen (secondary N) is 2. The smallest absolute Gasteiger partial charge is 0.421 e. The SMILES string of the molecule is CC(C)(C)OC(=O)N[C@@H](CC[S@@](=N)(=O)CC[C@@](O)(c1ccccc1)C(F)(F)F)C(=O)OC(C)(C)C. The Morgan fingerprint density at radius 3 is 1.97 bits per heavy atom. The molecule has 1 aromatic carbocycles. The molecule has 0 spiro atoms. The minimum absolute atomic E-state index is 0.341. The molecule has 0 aromatic heterocycles. The van der Waals surface area contributed by atoms with Crippen LogP contribution >= 0.6 is 0 Å². The monoisotopic (exact) mass is 524 g/mol. The Labute approximate surface area is 204 Å². The summed E-state index contributed by atoms with van der Waals surface area (Å²) in [6, 6.07) is 5.01. The summed E-state index contributed by atoms with van der Waals surface area (Å²) in [6.07, 6.45) is -7.37. The molecule has 1 amide bonds. The zero-order valence-electron chi connectivity index (χ0n) is 20.8. The standard InChI is InChI=1S/C23H35F3N2O6S/c1-20(2,3)33-18(29)17(28-19(30)34-21(4,5)6)12-14-35(27,32)15-13-22(31,23(24,25)26)16-10-8-7-9-11-16/h7-11,17,27,31H,12-15H2,1-6H3,(H,28,30)/t17-,22+,35+/m0/s1. The van der Waals surface area contributed by atoms with E-state index in [0.717, 1.165) is 12.1 Å². The molecule has 3 atom stereocenters. The highest BCUT2D eigenvalue weighted by Gasteiger charge is 2.54. The van der Waals surface area contributed by atoms with Crippen molar-refractivity contribution in [3.05, 3.63) is 35.9 Å². The number of aliphatic hydroxyl groups is 1. The number of alkyl halides is 3. The van der Waals surface area contributed by atoms with E-state index >= 15 is 0 Å². The van der Waals surface area contributed by atoms with Crippen LogP contribution in [0.4, 0.5) is 18.0 Å². The normalized spacial score (nSPS) is 17.0. The molecule has 1 rings (SSSR count). The van der Waals surface area contributed by atoms with E-state index < -0.39 is 74.3 Å². The van der Waals surface area contributed by atoms with Crippen LogP contribution in [0.25, 0.3) is 0 Å². The number of alkyl carbamates (subject to hydrolysis) is 1. The Morgan fingerprint density at radius 2 is 1.51 bits per heavy atom. The third-order valence-electron chi connectivity index (χ3n) is 4.63. The molecule has 35 heavy (non-hydrogen) atoms. The van der Waals surface area contributed by atoms with Crippen LogP contribution in [-0.4, -0.2) is 56.3 Å². The molecule has 0 aliphatic heterocycles. The first-order valence-electron chi connectivity index (χ1n) is 11.0. The van der Waals surface area contributed by atoms with Crippen molar-refractivity contribution < 1.29 is 41.5 Å². The number of amides is 1. The number of esters is 1. The number of benzene rings is 1. The molecule has 8 nitrogen and oxygen atoms in total. The van der Waals surface area contributed by atoms with Gasteiger partial charge >= 0.3 is 18.2 Å². The summed E-state index contributed by atoms with van der Waals surface area (Å²) >= 11 is 0. The molecule has 0 unspecified atom stereocenters. The molecular weight excluding hydrogens is 489 g/mol. The van der Waals surface area contributed by atoms with Crippen molar-refractivity contribution in [2.45, 2.75) is 83.4 Å². The van der Waals surface area contributed by atoms with Gasteiger partial charge in [0.05, 0.1) is 0 Å². The van der Waals surface area contributed by atoms with E-state index in [0.29, 0.717) is 0 Å². The summed E-state index contributed by atoms with van der Waals surface area (Å²) in [7, 11) is -3.69. The van der Waals surface area contributed by atoms with E-state index in [-0.39, 0.29) is 6.42 Å². The highest BCUT2D eigenvalue weighted by Crippen LogP contribution is 2.41. The number of hydrogen-bond donors (Lipinski definition) is 3. The zero-order valence-corrected chi connectivity index (χ0v) is 21.6. The zero-order chi connectivity index (χ0) is 27.3. The summed E-state index contributed by atoms with van der Waals surface area (Å²) in [5.41, 5.74) is -5.50. The van der Waals surface area contributed by atoms with E-state index in [9.17, 15) is 32.1 Å². The van der Waals surface area contributed by atoms with Gasteiger partial charge in [-0.15, -0.1) is 0 Å². The second kappa shape index (κ2) is 11.2. The summed E-state index contributed by atoms with van der Waals surface area (Å²) < 4.78 is 72.3. The molecule has 1 aromatic rings. The fourth-order valence-electron chi connectivity index (χ4n) is 2.96. The Hall–Kier alpha value is -2.34. The summed E-state index contributed by atoms with van der Waals surface area (Å²) in [6.45, 7) is 9.64. The number of carbonyl (C=O) groups is 2. The highest BCUT2D eigenvalue weighted by molar-refractivity contribution is 7.92. The minimum Gasteiger partial charge on any atom is -0.458 e. The van der Waals surface area contributed by atoms with Gasteiger partial charge in [0.2, 0.25) is 0 Å². The predicted octanol–water partition coefficient (Wildman–Crippen LogP) is 4.50. The lowest BCUT2D eigenvalue weighted by Crippen LogP contribution is -2.47. The van der Waals surface area contributed by atoms with Gasteiger partial charge in [0.1, 0.15) is 17.2 Å². The van der Waals surface area contributed by atoms with Crippen LogP contribution in [0, 0.1) is 4.78 Å². The molecule has 12 heteroatoms. The molecule has 0 saturated carbocycles. The lowest BCUT2D eigenvalue weighted by atomic mass is 9.90. The van der Waals surface area contributed by atoms with E-state index in [2.05, 4.69) is 5.32 Å². The van der Waals surface area contributed by atoms with Crippen LogP contribution in [-0.2, 0) is 29.6 Å². The quantitative estimate of drug-likeness (QED) is 0.409.